The van der Waals surface area contributed by atoms with Gasteiger partial charge in [0, 0.05) is 29.4 Å². The summed E-state index contributed by atoms with van der Waals surface area (Å²) in [6, 6.07) is 0. The van der Waals surface area contributed by atoms with Gasteiger partial charge in [-0.2, -0.15) is 0 Å². The van der Waals surface area contributed by atoms with Crippen LogP contribution in [0.2, 0.25) is 0 Å². The Morgan fingerprint density at radius 2 is 2.00 bits per heavy atom. The van der Waals surface area contributed by atoms with Crippen LogP contribution in [0.15, 0.2) is 47.3 Å². The van der Waals surface area contributed by atoms with Crippen molar-refractivity contribution in [2.75, 3.05) is 7.11 Å². The van der Waals surface area contributed by atoms with Gasteiger partial charge in [-0.3, -0.25) is 4.79 Å². The Morgan fingerprint density at radius 1 is 1.36 bits per heavy atom. The average Bonchev–Trinajstić information content (AvgIpc) is 2.79. The van der Waals surface area contributed by atoms with Gasteiger partial charge < -0.3 is 9.84 Å². The second kappa shape index (κ2) is 7.42. The van der Waals surface area contributed by atoms with Gasteiger partial charge in [0.15, 0.2) is 5.78 Å². The van der Waals surface area contributed by atoms with Gasteiger partial charge in [-0.25, -0.2) is 4.79 Å². The van der Waals surface area contributed by atoms with Crippen molar-refractivity contribution in [1.82, 2.24) is 0 Å². The molecule has 25 heavy (non-hydrogen) atoms. The minimum Gasteiger partial charge on any atom is -0.512 e. The predicted octanol–water partition coefficient (Wildman–Crippen LogP) is 4.30. The van der Waals surface area contributed by atoms with E-state index < -0.39 is 0 Å². The summed E-state index contributed by atoms with van der Waals surface area (Å²) in [7, 11) is 1.35. The molecule has 4 nitrogen and oxygen atoms in total. The highest BCUT2D eigenvalue weighted by molar-refractivity contribution is 5.99. The molecule has 0 bridgehead atoms. The Kier molecular flexibility index (Phi) is 5.71. The van der Waals surface area contributed by atoms with Crippen molar-refractivity contribution in [2.45, 2.75) is 40.0 Å². The number of aliphatic hydroxyl groups excluding tert-OH is 1. The molecule has 0 spiro atoms. The molecule has 136 valence electrons. The van der Waals surface area contributed by atoms with Crippen molar-refractivity contribution < 1.29 is 19.4 Å². The number of esters is 1. The molecule has 2 aliphatic rings. The van der Waals surface area contributed by atoms with Crippen molar-refractivity contribution >= 4 is 11.8 Å². The number of methoxy groups -OCH3 is 1. The zero-order valence-corrected chi connectivity index (χ0v) is 15.6. The van der Waals surface area contributed by atoms with E-state index in [1.807, 2.05) is 19.9 Å². The molecule has 1 fully saturated rings. The molecule has 0 aromatic carbocycles. The number of carbonyl (C=O) groups is 2. The summed E-state index contributed by atoms with van der Waals surface area (Å²) in [6.07, 6.45) is 3.85. The van der Waals surface area contributed by atoms with Crippen LogP contribution >= 0.6 is 0 Å². The lowest BCUT2D eigenvalue weighted by atomic mass is 9.64. The fraction of sp³-hybridized carbons (Fsp3) is 0.524. The van der Waals surface area contributed by atoms with E-state index in [4.69, 9.17) is 4.74 Å². The highest BCUT2D eigenvalue weighted by atomic mass is 16.5. The quantitative estimate of drug-likeness (QED) is 0.469. The van der Waals surface area contributed by atoms with Gasteiger partial charge in [0.25, 0.3) is 0 Å². The Balaban J connectivity index is 2.56. The van der Waals surface area contributed by atoms with Crippen molar-refractivity contribution in [3.05, 3.63) is 47.3 Å². The van der Waals surface area contributed by atoms with Gasteiger partial charge in [-0.05, 0) is 38.5 Å². The first-order chi connectivity index (χ1) is 11.7. The molecule has 0 unspecified atom stereocenters. The summed E-state index contributed by atoms with van der Waals surface area (Å²) in [5, 5.41) is 10.5. The molecule has 0 heterocycles. The topological polar surface area (TPSA) is 63.6 Å². The number of rotatable bonds is 4. The lowest BCUT2D eigenvalue weighted by molar-refractivity contribution is -0.136. The highest BCUT2D eigenvalue weighted by Crippen LogP contribution is 2.48. The van der Waals surface area contributed by atoms with E-state index in [0.29, 0.717) is 17.6 Å². The summed E-state index contributed by atoms with van der Waals surface area (Å²) in [4.78, 5) is 24.4. The van der Waals surface area contributed by atoms with Gasteiger partial charge in [-0.1, -0.05) is 37.3 Å². The van der Waals surface area contributed by atoms with E-state index in [-0.39, 0.29) is 41.2 Å². The monoisotopic (exact) mass is 344 g/mol. The van der Waals surface area contributed by atoms with Gasteiger partial charge in [0.2, 0.25) is 0 Å². The third kappa shape index (κ3) is 3.63. The molecule has 2 rings (SSSR count). The first-order valence-electron chi connectivity index (χ1n) is 8.75. The van der Waals surface area contributed by atoms with Gasteiger partial charge in [0.1, 0.15) is 5.76 Å². The summed E-state index contributed by atoms with van der Waals surface area (Å²) in [5.74, 6) is -0.692. The molecule has 1 N–H and O–H groups in total. The Bertz CT molecular complexity index is 680. The molecule has 4 atom stereocenters. The molecular formula is C21H28O4. The van der Waals surface area contributed by atoms with Crippen LogP contribution in [0.5, 0.6) is 0 Å². The highest BCUT2D eigenvalue weighted by Gasteiger charge is 2.43. The molecule has 0 aliphatic heterocycles. The molecule has 0 amide bonds. The number of hydrogen-bond acceptors (Lipinski definition) is 4. The van der Waals surface area contributed by atoms with Crippen LogP contribution in [-0.2, 0) is 14.3 Å². The number of allylic oxidation sites excluding steroid dienone is 5. The van der Waals surface area contributed by atoms with Crippen molar-refractivity contribution in [2.24, 2.45) is 23.7 Å². The van der Waals surface area contributed by atoms with Crippen LogP contribution in [0.3, 0.4) is 0 Å². The lowest BCUT2D eigenvalue weighted by Crippen LogP contribution is -2.32. The van der Waals surface area contributed by atoms with E-state index >= 15 is 0 Å². The Hall–Kier alpha value is -2.10. The third-order valence-corrected chi connectivity index (χ3v) is 5.49. The van der Waals surface area contributed by atoms with Crippen molar-refractivity contribution in [3.63, 3.8) is 0 Å². The fourth-order valence-electron chi connectivity index (χ4n) is 4.12. The summed E-state index contributed by atoms with van der Waals surface area (Å²) < 4.78 is 4.82. The first-order valence-corrected chi connectivity index (χ1v) is 8.75. The second-order valence-corrected chi connectivity index (χ2v) is 7.37. The van der Waals surface area contributed by atoms with Crippen LogP contribution in [-0.4, -0.2) is 24.0 Å². The molecule has 2 aliphatic carbocycles. The summed E-state index contributed by atoms with van der Waals surface area (Å²) in [6.45, 7) is 13.8. The van der Waals surface area contributed by atoms with Gasteiger partial charge >= 0.3 is 5.97 Å². The lowest BCUT2D eigenvalue weighted by Gasteiger charge is -2.39. The molecule has 0 saturated heterocycles. The Morgan fingerprint density at radius 3 is 2.48 bits per heavy atom. The molecule has 0 aromatic rings. The average molecular weight is 344 g/mol. The van der Waals surface area contributed by atoms with Crippen molar-refractivity contribution in [3.8, 4) is 0 Å². The van der Waals surface area contributed by atoms with Crippen LogP contribution in [0.1, 0.15) is 40.0 Å². The SMILES string of the molecule is C=C1CC[C@@H](C(=C)C)[C@H](C=C(C)C(=O)OC)[C@H]1C1=C(O)[C@H](C)CC1=O. The number of ketones is 1. The van der Waals surface area contributed by atoms with E-state index in [1.165, 1.54) is 7.11 Å². The number of carbonyl (C=O) groups excluding carboxylic acids is 2. The van der Waals surface area contributed by atoms with Crippen molar-refractivity contribution in [1.29, 1.82) is 0 Å². The smallest absolute Gasteiger partial charge is 0.333 e. The largest absolute Gasteiger partial charge is 0.512 e. The molecular weight excluding hydrogens is 316 g/mol. The summed E-state index contributed by atoms with van der Waals surface area (Å²) in [5.41, 5.74) is 2.91. The number of Topliss-reactive ketones (excluding diaryl/α,β-unsaturated/α-hetero) is 1. The van der Waals surface area contributed by atoms with Crippen LogP contribution < -0.4 is 0 Å². The maximum Gasteiger partial charge on any atom is 0.333 e. The van der Waals surface area contributed by atoms with E-state index in [9.17, 15) is 14.7 Å². The predicted molar refractivity (Wildman–Crippen MR) is 97.9 cm³/mol. The van der Waals surface area contributed by atoms with Gasteiger partial charge in [0.05, 0.1) is 7.11 Å². The second-order valence-electron chi connectivity index (χ2n) is 7.37. The normalized spacial score (nSPS) is 30.6. The number of aliphatic hydroxyl groups is 1. The molecule has 1 saturated carbocycles. The van der Waals surface area contributed by atoms with E-state index in [1.54, 1.807) is 6.92 Å². The fourth-order valence-corrected chi connectivity index (χ4v) is 4.12. The van der Waals surface area contributed by atoms with Gasteiger partial charge in [-0.15, -0.1) is 0 Å². The van der Waals surface area contributed by atoms with Crippen LogP contribution in [0, 0.1) is 23.7 Å². The Labute approximate surface area is 149 Å². The third-order valence-electron chi connectivity index (χ3n) is 5.49. The zero-order chi connectivity index (χ0) is 18.9. The van der Waals surface area contributed by atoms with Crippen LogP contribution in [0.25, 0.3) is 0 Å². The van der Waals surface area contributed by atoms with Crippen LogP contribution in [0.4, 0.5) is 0 Å². The molecule has 0 radical (unpaired) electrons. The maximum atomic E-state index is 12.5. The standard InChI is InChI=1S/C21H28O4/c1-11(2)15-8-7-12(3)18(16(15)9-14(5)21(24)25-6)19-17(22)10-13(4)20(19)23/h9,13,15-16,18,23H,1,3,7-8,10H2,2,4-6H3/t13-,15+,16+,18+/m1/s1. The number of ether oxygens (including phenoxy) is 1. The minimum atomic E-state index is -0.389. The molecule has 0 aromatic heterocycles. The number of hydrogen-bond donors (Lipinski definition) is 1. The molecule has 4 heteroatoms. The zero-order valence-electron chi connectivity index (χ0n) is 15.6. The maximum absolute atomic E-state index is 12.5. The van der Waals surface area contributed by atoms with E-state index in [2.05, 4.69) is 13.2 Å². The summed E-state index contributed by atoms with van der Waals surface area (Å²) >= 11 is 0. The van der Waals surface area contributed by atoms with E-state index in [0.717, 1.165) is 24.0 Å². The first kappa shape index (κ1) is 19.2. The minimum absolute atomic E-state index is 0.0207.